The molecule has 0 amide bonds. The molecular weight excluding hydrogens is 340 g/mol. The maximum absolute atomic E-state index is 4.80. The van der Waals surface area contributed by atoms with E-state index in [0.717, 1.165) is 12.2 Å². The monoisotopic (exact) mass is 368 g/mol. The first-order valence-electron chi connectivity index (χ1n) is 10.5. The summed E-state index contributed by atoms with van der Waals surface area (Å²) in [6.07, 6.45) is 8.32. The molecule has 0 N–H and O–H groups in total. The molecule has 2 heteroatoms. The average Bonchev–Trinajstić information content (AvgIpc) is 3.14. The fourth-order valence-electron chi connectivity index (χ4n) is 5.61. The zero-order chi connectivity index (χ0) is 19.1. The highest BCUT2D eigenvalue weighted by molar-refractivity contribution is 5.72. The van der Waals surface area contributed by atoms with Gasteiger partial charge in [0.25, 0.3) is 0 Å². The van der Waals surface area contributed by atoms with E-state index < -0.39 is 0 Å². The van der Waals surface area contributed by atoms with E-state index in [1.807, 2.05) is 0 Å². The summed E-state index contributed by atoms with van der Waals surface area (Å²) in [6, 6.07) is 21.7. The number of allylic oxidation sites excluding steroid dienone is 1. The lowest BCUT2D eigenvalue weighted by molar-refractivity contribution is 0.130. The fraction of sp³-hybridized carbons (Fsp3) is 0.346. The standard InChI is InChI=1S/C26H28N2/c1-19(20-10-5-3-6-11-20)23-15-9-14-22-16-24-25(21-12-7-4-8-13-21)27-18-28(24)17-26(22,23)2/h3-8,10-13,16,18-19,23H,9,14-15,17H2,1-2H3/t19?,23?,26-/m0/s1. The Bertz CT molecular complexity index is 999. The Morgan fingerprint density at radius 2 is 1.75 bits per heavy atom. The van der Waals surface area contributed by atoms with E-state index in [-0.39, 0.29) is 5.41 Å². The zero-order valence-corrected chi connectivity index (χ0v) is 16.8. The van der Waals surface area contributed by atoms with Gasteiger partial charge in [-0.2, -0.15) is 0 Å². The van der Waals surface area contributed by atoms with Crippen LogP contribution in [0.2, 0.25) is 0 Å². The first kappa shape index (κ1) is 17.5. The number of fused-ring (bicyclic) bond motifs is 2. The quantitative estimate of drug-likeness (QED) is 0.512. The van der Waals surface area contributed by atoms with Crippen LogP contribution in [0.1, 0.15) is 50.3 Å². The number of imidazole rings is 1. The molecule has 0 spiro atoms. The molecule has 28 heavy (non-hydrogen) atoms. The number of hydrogen-bond donors (Lipinski definition) is 0. The fourth-order valence-corrected chi connectivity index (χ4v) is 5.61. The number of hydrogen-bond acceptors (Lipinski definition) is 1. The SMILES string of the molecule is CC(c1ccccc1)C1CCCC2=Cc3c(-c4ccccc4)ncn3C[C@@]21C. The molecular formula is C26H28N2. The van der Waals surface area contributed by atoms with Crippen LogP contribution in [0.5, 0.6) is 0 Å². The van der Waals surface area contributed by atoms with E-state index >= 15 is 0 Å². The van der Waals surface area contributed by atoms with Gasteiger partial charge in [-0.05, 0) is 42.7 Å². The second kappa shape index (κ2) is 6.77. The van der Waals surface area contributed by atoms with E-state index in [9.17, 15) is 0 Å². The first-order chi connectivity index (χ1) is 13.7. The predicted octanol–water partition coefficient (Wildman–Crippen LogP) is 6.56. The van der Waals surface area contributed by atoms with Crippen LogP contribution >= 0.6 is 0 Å². The van der Waals surface area contributed by atoms with Gasteiger partial charge in [0.2, 0.25) is 0 Å². The highest BCUT2D eigenvalue weighted by Gasteiger charge is 2.45. The van der Waals surface area contributed by atoms with Crippen molar-refractivity contribution in [3.05, 3.63) is 83.8 Å². The second-order valence-electron chi connectivity index (χ2n) is 8.76. The maximum atomic E-state index is 4.80. The number of benzene rings is 2. The van der Waals surface area contributed by atoms with E-state index in [4.69, 9.17) is 4.98 Å². The van der Waals surface area contributed by atoms with Crippen molar-refractivity contribution in [1.82, 2.24) is 9.55 Å². The third-order valence-corrected chi connectivity index (χ3v) is 7.18. The van der Waals surface area contributed by atoms with E-state index in [1.54, 1.807) is 5.57 Å². The van der Waals surface area contributed by atoms with Gasteiger partial charge >= 0.3 is 0 Å². The summed E-state index contributed by atoms with van der Waals surface area (Å²) in [5, 5.41) is 0. The Balaban J connectivity index is 1.54. The Morgan fingerprint density at radius 3 is 2.50 bits per heavy atom. The zero-order valence-electron chi connectivity index (χ0n) is 16.8. The Labute approximate surface area is 167 Å². The van der Waals surface area contributed by atoms with Crippen molar-refractivity contribution in [3.63, 3.8) is 0 Å². The van der Waals surface area contributed by atoms with Gasteiger partial charge in [0.1, 0.15) is 0 Å². The molecule has 0 radical (unpaired) electrons. The van der Waals surface area contributed by atoms with Crippen molar-refractivity contribution in [3.8, 4) is 11.3 Å². The van der Waals surface area contributed by atoms with Crippen LogP contribution in [0, 0.1) is 11.3 Å². The third-order valence-electron chi connectivity index (χ3n) is 7.18. The van der Waals surface area contributed by atoms with Gasteiger partial charge in [-0.15, -0.1) is 0 Å². The van der Waals surface area contributed by atoms with Crippen LogP contribution in [-0.2, 0) is 6.54 Å². The summed E-state index contributed by atoms with van der Waals surface area (Å²) < 4.78 is 2.39. The normalized spacial score (nSPS) is 24.8. The van der Waals surface area contributed by atoms with Crippen LogP contribution in [-0.4, -0.2) is 9.55 Å². The summed E-state index contributed by atoms with van der Waals surface area (Å²) in [5.41, 5.74) is 6.91. The van der Waals surface area contributed by atoms with Crippen molar-refractivity contribution < 1.29 is 0 Å². The summed E-state index contributed by atoms with van der Waals surface area (Å²) in [4.78, 5) is 4.80. The van der Waals surface area contributed by atoms with Crippen LogP contribution in [0.4, 0.5) is 0 Å². The third kappa shape index (κ3) is 2.74. The van der Waals surface area contributed by atoms with Crippen molar-refractivity contribution in [2.45, 2.75) is 45.6 Å². The molecule has 2 heterocycles. The number of aromatic nitrogens is 2. The molecule has 142 valence electrons. The van der Waals surface area contributed by atoms with Gasteiger partial charge in [0, 0.05) is 17.5 Å². The van der Waals surface area contributed by atoms with E-state index in [1.165, 1.54) is 36.1 Å². The van der Waals surface area contributed by atoms with Gasteiger partial charge < -0.3 is 4.57 Å². The molecule has 0 bridgehead atoms. The molecule has 1 saturated carbocycles. The minimum Gasteiger partial charge on any atom is -0.330 e. The molecule has 2 nitrogen and oxygen atoms in total. The Hall–Kier alpha value is -2.61. The smallest absolute Gasteiger partial charge is 0.0958 e. The largest absolute Gasteiger partial charge is 0.330 e. The average molecular weight is 369 g/mol. The van der Waals surface area contributed by atoms with Crippen molar-refractivity contribution in [2.24, 2.45) is 11.3 Å². The topological polar surface area (TPSA) is 17.8 Å². The van der Waals surface area contributed by atoms with Crippen molar-refractivity contribution in [2.75, 3.05) is 0 Å². The molecule has 1 aliphatic carbocycles. The molecule has 1 aromatic heterocycles. The Morgan fingerprint density at radius 1 is 1.04 bits per heavy atom. The molecule has 3 atom stereocenters. The molecule has 1 aliphatic heterocycles. The van der Waals surface area contributed by atoms with Crippen LogP contribution < -0.4 is 0 Å². The lowest BCUT2D eigenvalue weighted by Gasteiger charge is -2.48. The summed E-state index contributed by atoms with van der Waals surface area (Å²) >= 11 is 0. The summed E-state index contributed by atoms with van der Waals surface area (Å²) in [7, 11) is 0. The van der Waals surface area contributed by atoms with Crippen molar-refractivity contribution in [1.29, 1.82) is 0 Å². The van der Waals surface area contributed by atoms with Gasteiger partial charge in [-0.3, -0.25) is 0 Å². The highest BCUT2D eigenvalue weighted by atomic mass is 15.1. The number of rotatable bonds is 3. The van der Waals surface area contributed by atoms with Gasteiger partial charge in [-0.25, -0.2) is 4.98 Å². The van der Waals surface area contributed by atoms with Gasteiger partial charge in [0.05, 0.1) is 17.7 Å². The molecule has 2 aromatic carbocycles. The molecule has 5 rings (SSSR count). The Kier molecular flexibility index (Phi) is 4.23. The van der Waals surface area contributed by atoms with Crippen LogP contribution in [0.25, 0.3) is 17.3 Å². The number of nitrogens with zero attached hydrogens (tertiary/aromatic N) is 2. The lowest BCUT2D eigenvalue weighted by atomic mass is 9.58. The van der Waals surface area contributed by atoms with Crippen molar-refractivity contribution >= 4 is 6.08 Å². The highest BCUT2D eigenvalue weighted by Crippen LogP contribution is 2.54. The van der Waals surface area contributed by atoms with E-state index in [2.05, 4.69) is 91.5 Å². The van der Waals surface area contributed by atoms with Crippen LogP contribution in [0.3, 0.4) is 0 Å². The molecule has 2 unspecified atom stereocenters. The van der Waals surface area contributed by atoms with Gasteiger partial charge in [-0.1, -0.05) is 80.1 Å². The predicted molar refractivity (Wildman–Crippen MR) is 116 cm³/mol. The van der Waals surface area contributed by atoms with E-state index in [0.29, 0.717) is 11.8 Å². The lowest BCUT2D eigenvalue weighted by Crippen LogP contribution is -2.41. The molecule has 1 fully saturated rings. The minimum absolute atomic E-state index is 0.204. The molecule has 0 saturated heterocycles. The minimum atomic E-state index is 0.204. The maximum Gasteiger partial charge on any atom is 0.0958 e. The van der Waals surface area contributed by atoms with Crippen LogP contribution in [0.15, 0.2) is 72.6 Å². The molecule has 2 aliphatic rings. The summed E-state index contributed by atoms with van der Waals surface area (Å²) in [5.74, 6) is 1.22. The first-order valence-corrected chi connectivity index (χ1v) is 10.5. The molecule has 3 aromatic rings. The second-order valence-corrected chi connectivity index (χ2v) is 8.76. The van der Waals surface area contributed by atoms with Gasteiger partial charge in [0.15, 0.2) is 0 Å². The summed E-state index contributed by atoms with van der Waals surface area (Å²) in [6.45, 7) is 5.95.